The zero-order valence-electron chi connectivity index (χ0n) is 19.8. The molecule has 2 saturated carbocycles. The number of rotatable bonds is 8. The molecule has 0 saturated heterocycles. The third kappa shape index (κ3) is 4.64. The van der Waals surface area contributed by atoms with Crippen LogP contribution in [0.1, 0.15) is 68.4 Å². The van der Waals surface area contributed by atoms with E-state index < -0.39 is 23.6 Å². The molecular formula is C28H32N2O5. The molecule has 2 aromatic carbocycles. The van der Waals surface area contributed by atoms with Crippen LogP contribution in [0.4, 0.5) is 4.79 Å². The predicted octanol–water partition coefficient (Wildman–Crippen LogP) is 4.60. The summed E-state index contributed by atoms with van der Waals surface area (Å²) < 4.78 is 5.70. The summed E-state index contributed by atoms with van der Waals surface area (Å²) in [5.74, 6) is -1.09. The number of nitrogens with one attached hydrogen (secondary N) is 2. The highest BCUT2D eigenvalue weighted by Crippen LogP contribution is 2.44. The lowest BCUT2D eigenvalue weighted by molar-refractivity contribution is -0.138. The normalized spacial score (nSPS) is 19.2. The minimum atomic E-state index is -1.05. The van der Waals surface area contributed by atoms with Crippen molar-refractivity contribution in [3.05, 3.63) is 59.7 Å². The van der Waals surface area contributed by atoms with E-state index >= 15 is 0 Å². The van der Waals surface area contributed by atoms with E-state index in [0.717, 1.165) is 54.4 Å². The van der Waals surface area contributed by atoms with Crippen molar-refractivity contribution in [2.24, 2.45) is 5.92 Å². The third-order valence-electron chi connectivity index (χ3n) is 8.01. The summed E-state index contributed by atoms with van der Waals surface area (Å²) in [5.41, 5.74) is 3.52. The molecular weight excluding hydrogens is 444 g/mol. The lowest BCUT2D eigenvalue weighted by Crippen LogP contribution is -2.60. The lowest BCUT2D eigenvalue weighted by Gasteiger charge is -2.36. The molecule has 1 unspecified atom stereocenters. The van der Waals surface area contributed by atoms with Gasteiger partial charge in [-0.05, 0) is 53.9 Å². The molecule has 0 radical (unpaired) electrons. The number of carboxylic acids is 1. The molecule has 5 rings (SSSR count). The van der Waals surface area contributed by atoms with Gasteiger partial charge in [0.25, 0.3) is 0 Å². The maximum Gasteiger partial charge on any atom is 0.408 e. The quantitative estimate of drug-likeness (QED) is 0.517. The van der Waals surface area contributed by atoms with Gasteiger partial charge in [0.1, 0.15) is 12.1 Å². The third-order valence-corrected chi connectivity index (χ3v) is 8.01. The molecule has 7 heteroatoms. The number of aliphatic carboxylic acids is 1. The molecule has 184 valence electrons. The summed E-state index contributed by atoms with van der Waals surface area (Å²) in [6.07, 6.45) is 4.88. The molecule has 0 bridgehead atoms. The molecule has 0 spiro atoms. The van der Waals surface area contributed by atoms with E-state index in [1.807, 2.05) is 24.3 Å². The first kappa shape index (κ1) is 23.4. The second kappa shape index (κ2) is 9.72. The number of hydrogen-bond donors (Lipinski definition) is 3. The van der Waals surface area contributed by atoms with Gasteiger partial charge in [-0.3, -0.25) is 9.59 Å². The zero-order valence-corrected chi connectivity index (χ0v) is 19.8. The Morgan fingerprint density at radius 2 is 1.54 bits per heavy atom. The van der Waals surface area contributed by atoms with E-state index in [1.165, 1.54) is 0 Å². The van der Waals surface area contributed by atoms with E-state index in [-0.39, 0.29) is 30.8 Å². The molecule has 0 heterocycles. The average molecular weight is 477 g/mol. The predicted molar refractivity (Wildman–Crippen MR) is 131 cm³/mol. The molecule has 0 aliphatic heterocycles. The summed E-state index contributed by atoms with van der Waals surface area (Å²) in [6.45, 7) is 0.182. The standard InChI is InChI=1S/C28H32N2O5/c31-25(32)16-24(18-8-7-9-18)29-26(33)28(14-5-6-15-28)30-27(34)35-17-23-21-12-3-1-10-19(21)20-11-2-4-13-22(20)23/h1-4,10-13,18,23-24H,5-9,14-17H2,(H,29,33)(H,30,34)(H,31,32). The number of amides is 2. The number of benzene rings is 2. The number of fused-ring (bicyclic) bond motifs is 3. The number of carboxylic acid groups (broad SMARTS) is 1. The van der Waals surface area contributed by atoms with Gasteiger partial charge in [0.15, 0.2) is 0 Å². The summed E-state index contributed by atoms with van der Waals surface area (Å²) in [6, 6.07) is 15.9. The Hall–Kier alpha value is -3.35. The highest BCUT2D eigenvalue weighted by atomic mass is 16.5. The molecule has 2 aromatic rings. The maximum atomic E-state index is 13.4. The van der Waals surface area contributed by atoms with E-state index in [9.17, 15) is 19.5 Å². The monoisotopic (exact) mass is 476 g/mol. The van der Waals surface area contributed by atoms with Gasteiger partial charge in [0.05, 0.1) is 6.42 Å². The fourth-order valence-corrected chi connectivity index (χ4v) is 5.89. The van der Waals surface area contributed by atoms with Gasteiger partial charge in [0.2, 0.25) is 5.91 Å². The van der Waals surface area contributed by atoms with Crippen molar-refractivity contribution in [3.8, 4) is 11.1 Å². The molecule has 35 heavy (non-hydrogen) atoms. The van der Waals surface area contributed by atoms with E-state index in [1.54, 1.807) is 0 Å². The number of ether oxygens (including phenoxy) is 1. The Balaban J connectivity index is 1.26. The number of hydrogen-bond acceptors (Lipinski definition) is 4. The Morgan fingerprint density at radius 1 is 0.943 bits per heavy atom. The molecule has 7 nitrogen and oxygen atoms in total. The first-order valence-corrected chi connectivity index (χ1v) is 12.6. The fraction of sp³-hybridized carbons (Fsp3) is 0.464. The van der Waals surface area contributed by atoms with Gasteiger partial charge >= 0.3 is 12.1 Å². The van der Waals surface area contributed by atoms with Crippen LogP contribution in [0.2, 0.25) is 0 Å². The number of carbonyl (C=O) groups is 3. The highest BCUT2D eigenvalue weighted by molar-refractivity contribution is 5.91. The van der Waals surface area contributed by atoms with Crippen LogP contribution in [0.15, 0.2) is 48.5 Å². The van der Waals surface area contributed by atoms with Crippen LogP contribution < -0.4 is 10.6 Å². The largest absolute Gasteiger partial charge is 0.481 e. The van der Waals surface area contributed by atoms with Crippen LogP contribution in [0.25, 0.3) is 11.1 Å². The number of alkyl carbamates (subject to hydrolysis) is 1. The summed E-state index contributed by atoms with van der Waals surface area (Å²) in [4.78, 5) is 37.7. The first-order chi connectivity index (χ1) is 17.0. The topological polar surface area (TPSA) is 105 Å². The van der Waals surface area contributed by atoms with Crippen molar-refractivity contribution in [3.63, 3.8) is 0 Å². The van der Waals surface area contributed by atoms with Gasteiger partial charge in [-0.25, -0.2) is 4.79 Å². The molecule has 3 aliphatic rings. The summed E-state index contributed by atoms with van der Waals surface area (Å²) in [5, 5.41) is 15.2. The highest BCUT2D eigenvalue weighted by Gasteiger charge is 2.45. The molecule has 2 fully saturated rings. The van der Waals surface area contributed by atoms with Crippen LogP contribution in [0.5, 0.6) is 0 Å². The van der Waals surface area contributed by atoms with E-state index in [4.69, 9.17) is 4.74 Å². The minimum absolute atomic E-state index is 0.0555. The fourth-order valence-electron chi connectivity index (χ4n) is 5.89. The van der Waals surface area contributed by atoms with Crippen molar-refractivity contribution in [2.45, 2.75) is 68.9 Å². The summed E-state index contributed by atoms with van der Waals surface area (Å²) >= 11 is 0. The Morgan fingerprint density at radius 3 is 2.09 bits per heavy atom. The SMILES string of the molecule is O=C(O)CC(NC(=O)C1(NC(=O)OCC2c3ccccc3-c3ccccc32)CCCC1)C1CCC1. The Labute approximate surface area is 205 Å². The van der Waals surface area contributed by atoms with Crippen molar-refractivity contribution in [2.75, 3.05) is 6.61 Å². The van der Waals surface area contributed by atoms with Gasteiger partial charge in [0, 0.05) is 12.0 Å². The second-order valence-corrected chi connectivity index (χ2v) is 10.1. The van der Waals surface area contributed by atoms with Crippen LogP contribution in [0, 0.1) is 5.92 Å². The van der Waals surface area contributed by atoms with Gasteiger partial charge < -0.3 is 20.5 Å². The lowest BCUT2D eigenvalue weighted by atomic mass is 9.78. The van der Waals surface area contributed by atoms with Gasteiger partial charge in [-0.15, -0.1) is 0 Å². The van der Waals surface area contributed by atoms with Crippen LogP contribution in [0.3, 0.4) is 0 Å². The summed E-state index contributed by atoms with van der Waals surface area (Å²) in [7, 11) is 0. The molecule has 3 aliphatic carbocycles. The number of carbonyl (C=O) groups excluding carboxylic acids is 2. The second-order valence-electron chi connectivity index (χ2n) is 10.1. The maximum absolute atomic E-state index is 13.4. The van der Waals surface area contributed by atoms with Crippen LogP contribution in [-0.4, -0.2) is 41.3 Å². The minimum Gasteiger partial charge on any atom is -0.481 e. The van der Waals surface area contributed by atoms with Crippen molar-refractivity contribution in [1.82, 2.24) is 10.6 Å². The molecule has 0 aromatic heterocycles. The molecule has 2 amide bonds. The Kier molecular flexibility index (Phi) is 6.50. The van der Waals surface area contributed by atoms with Crippen LogP contribution >= 0.6 is 0 Å². The van der Waals surface area contributed by atoms with Gasteiger partial charge in [-0.2, -0.15) is 0 Å². The van der Waals surface area contributed by atoms with Crippen molar-refractivity contribution in [1.29, 1.82) is 0 Å². The van der Waals surface area contributed by atoms with Crippen molar-refractivity contribution < 1.29 is 24.2 Å². The van der Waals surface area contributed by atoms with Crippen molar-refractivity contribution >= 4 is 18.0 Å². The average Bonchev–Trinajstić information content (AvgIpc) is 3.40. The zero-order chi connectivity index (χ0) is 24.4. The van der Waals surface area contributed by atoms with Crippen LogP contribution in [-0.2, 0) is 14.3 Å². The smallest absolute Gasteiger partial charge is 0.408 e. The molecule has 1 atom stereocenters. The first-order valence-electron chi connectivity index (χ1n) is 12.6. The van der Waals surface area contributed by atoms with Gasteiger partial charge in [-0.1, -0.05) is 67.8 Å². The Bertz CT molecular complexity index is 1070. The molecule has 3 N–H and O–H groups in total. The van der Waals surface area contributed by atoms with E-state index in [2.05, 4.69) is 34.9 Å². The van der Waals surface area contributed by atoms with E-state index in [0.29, 0.717) is 12.8 Å².